The SMILES string of the molecule is COc1cccc(C#Cc2cccc3nc([C@@H]4CC[C@H](C)N4c4nc(N)nc(N)c4C#N)n(-c4ccccc4)c(=O)c23)c1. The van der Waals surface area contributed by atoms with E-state index in [2.05, 4.69) is 27.9 Å². The van der Waals surface area contributed by atoms with Gasteiger partial charge in [0.2, 0.25) is 5.95 Å². The number of nitriles is 1. The van der Waals surface area contributed by atoms with Crippen molar-refractivity contribution >= 4 is 28.5 Å². The summed E-state index contributed by atoms with van der Waals surface area (Å²) in [5.74, 6) is 7.86. The zero-order valence-electron chi connectivity index (χ0n) is 23.7. The molecule has 1 fully saturated rings. The number of aromatic nitrogens is 4. The van der Waals surface area contributed by atoms with Crippen molar-refractivity contribution in [3.8, 4) is 29.3 Å². The van der Waals surface area contributed by atoms with Crippen LogP contribution in [0, 0.1) is 23.2 Å². The minimum atomic E-state index is -0.403. The van der Waals surface area contributed by atoms with E-state index < -0.39 is 6.04 Å². The monoisotopic (exact) mass is 568 g/mol. The molecule has 6 rings (SSSR count). The van der Waals surface area contributed by atoms with Gasteiger partial charge in [-0.3, -0.25) is 9.36 Å². The summed E-state index contributed by atoms with van der Waals surface area (Å²) >= 11 is 0. The lowest BCUT2D eigenvalue weighted by molar-refractivity contribution is 0.414. The normalized spacial score (nSPS) is 16.0. The molecule has 0 saturated carbocycles. The molecule has 1 saturated heterocycles. The summed E-state index contributed by atoms with van der Waals surface area (Å²) in [6.45, 7) is 2.04. The summed E-state index contributed by atoms with van der Waals surface area (Å²) in [5.41, 5.74) is 14.5. The van der Waals surface area contributed by atoms with Crippen molar-refractivity contribution in [2.45, 2.75) is 31.8 Å². The predicted molar refractivity (Wildman–Crippen MR) is 166 cm³/mol. The van der Waals surface area contributed by atoms with Gasteiger partial charge in [-0.05, 0) is 62.2 Å². The van der Waals surface area contributed by atoms with E-state index in [1.165, 1.54) is 0 Å². The number of methoxy groups -OCH3 is 1. The van der Waals surface area contributed by atoms with E-state index in [4.69, 9.17) is 21.2 Å². The Bertz CT molecular complexity index is 2020. The van der Waals surface area contributed by atoms with E-state index in [1.807, 2.05) is 84.6 Å². The summed E-state index contributed by atoms with van der Waals surface area (Å²) in [5, 5.41) is 10.3. The Kier molecular flexibility index (Phi) is 7.10. The van der Waals surface area contributed by atoms with E-state index in [9.17, 15) is 10.1 Å². The number of nitrogens with two attached hydrogens (primary N) is 2. The Morgan fingerprint density at radius 1 is 0.953 bits per heavy atom. The average Bonchev–Trinajstić information content (AvgIpc) is 3.40. The Morgan fingerprint density at radius 2 is 1.74 bits per heavy atom. The molecule has 10 nitrogen and oxygen atoms in total. The van der Waals surface area contributed by atoms with Crippen molar-refractivity contribution in [1.29, 1.82) is 5.26 Å². The molecule has 3 aromatic carbocycles. The fourth-order valence-electron chi connectivity index (χ4n) is 5.61. The zero-order valence-corrected chi connectivity index (χ0v) is 23.7. The first-order valence-electron chi connectivity index (χ1n) is 13.8. The van der Waals surface area contributed by atoms with Crippen LogP contribution in [0.15, 0.2) is 77.6 Å². The van der Waals surface area contributed by atoms with Gasteiger partial charge in [-0.15, -0.1) is 0 Å². The van der Waals surface area contributed by atoms with Gasteiger partial charge in [0.15, 0.2) is 5.82 Å². The Hall–Kier alpha value is -5.87. The fraction of sp³-hybridized carbons (Fsp3) is 0.182. The molecule has 4 N–H and O–H groups in total. The molecule has 0 unspecified atom stereocenters. The van der Waals surface area contributed by atoms with E-state index >= 15 is 0 Å². The first kappa shape index (κ1) is 27.3. The van der Waals surface area contributed by atoms with Gasteiger partial charge in [-0.1, -0.05) is 42.2 Å². The molecular formula is C33H28N8O2. The Balaban J connectivity index is 1.58. The molecule has 43 heavy (non-hydrogen) atoms. The van der Waals surface area contributed by atoms with Crippen LogP contribution in [0.3, 0.4) is 0 Å². The third kappa shape index (κ3) is 4.96. The molecule has 2 atom stereocenters. The fourth-order valence-corrected chi connectivity index (χ4v) is 5.61. The molecule has 1 aliphatic rings. The summed E-state index contributed by atoms with van der Waals surface area (Å²) in [6, 6.07) is 24.0. The highest BCUT2D eigenvalue weighted by Crippen LogP contribution is 2.41. The number of rotatable bonds is 4. The first-order valence-corrected chi connectivity index (χ1v) is 13.8. The third-order valence-corrected chi connectivity index (χ3v) is 7.61. The van der Waals surface area contributed by atoms with Crippen LogP contribution < -0.4 is 26.7 Å². The van der Waals surface area contributed by atoms with Crippen LogP contribution in [0.4, 0.5) is 17.6 Å². The molecule has 0 radical (unpaired) electrons. The number of anilines is 3. The number of fused-ring (bicyclic) bond motifs is 1. The van der Waals surface area contributed by atoms with Crippen molar-refractivity contribution in [3.63, 3.8) is 0 Å². The van der Waals surface area contributed by atoms with Gasteiger partial charge >= 0.3 is 0 Å². The Morgan fingerprint density at radius 3 is 2.51 bits per heavy atom. The maximum absolute atomic E-state index is 14.5. The van der Waals surface area contributed by atoms with Crippen LogP contribution in [-0.2, 0) is 0 Å². The summed E-state index contributed by atoms with van der Waals surface area (Å²) in [4.78, 5) is 30.0. The number of hydrogen-bond donors (Lipinski definition) is 2. The van der Waals surface area contributed by atoms with Gasteiger partial charge in [-0.2, -0.15) is 15.2 Å². The van der Waals surface area contributed by atoms with Gasteiger partial charge < -0.3 is 21.1 Å². The quantitative estimate of drug-likeness (QED) is 0.302. The van der Waals surface area contributed by atoms with Crippen LogP contribution in [0.5, 0.6) is 5.75 Å². The van der Waals surface area contributed by atoms with Gasteiger partial charge in [0, 0.05) is 17.2 Å². The first-order chi connectivity index (χ1) is 20.9. The van der Waals surface area contributed by atoms with Gasteiger partial charge in [-0.25, -0.2) is 4.98 Å². The van der Waals surface area contributed by atoms with Crippen LogP contribution in [-0.4, -0.2) is 32.7 Å². The molecule has 3 heterocycles. The molecule has 212 valence electrons. The maximum Gasteiger partial charge on any atom is 0.267 e. The summed E-state index contributed by atoms with van der Waals surface area (Å²) < 4.78 is 6.96. The zero-order chi connectivity index (χ0) is 30.1. The van der Waals surface area contributed by atoms with Gasteiger partial charge in [0.1, 0.15) is 29.0 Å². The molecular weight excluding hydrogens is 540 g/mol. The molecule has 0 aliphatic carbocycles. The van der Waals surface area contributed by atoms with Crippen molar-refractivity contribution in [1.82, 2.24) is 19.5 Å². The summed E-state index contributed by atoms with van der Waals surface area (Å²) in [6.07, 6.45) is 1.43. The van der Waals surface area contributed by atoms with Crippen LogP contribution >= 0.6 is 0 Å². The number of ether oxygens (including phenoxy) is 1. The molecule has 5 aromatic rings. The average molecular weight is 569 g/mol. The topological polar surface area (TPSA) is 149 Å². The smallest absolute Gasteiger partial charge is 0.267 e. The second-order valence-corrected chi connectivity index (χ2v) is 10.3. The number of nitrogens with zero attached hydrogens (tertiary/aromatic N) is 6. The molecule has 2 aromatic heterocycles. The predicted octanol–water partition coefficient (Wildman–Crippen LogP) is 4.35. The minimum absolute atomic E-state index is 0.00835. The lowest BCUT2D eigenvalue weighted by Crippen LogP contribution is -2.36. The molecule has 0 bridgehead atoms. The van der Waals surface area contributed by atoms with E-state index in [1.54, 1.807) is 11.7 Å². The maximum atomic E-state index is 14.5. The van der Waals surface area contributed by atoms with Crippen molar-refractivity contribution < 1.29 is 4.74 Å². The Labute approximate surface area is 248 Å². The second kappa shape index (κ2) is 11.2. The lowest BCUT2D eigenvalue weighted by atomic mass is 10.1. The highest BCUT2D eigenvalue weighted by atomic mass is 16.5. The standard InChI is InChI=1S/C33H28N8O2/c1-20-14-17-27(40(20)30-25(19-34)29(35)38-33(36)39-30)31-37-26-13-7-9-22(16-15-21-8-6-12-24(18-21)43-2)28(26)32(42)41(31)23-10-4-3-5-11-23/h3-13,18,20,27H,14,17H2,1-2H3,(H4,35,36,38,39)/t20-,27-/m0/s1. The van der Waals surface area contributed by atoms with E-state index in [-0.39, 0.29) is 28.9 Å². The molecule has 0 spiro atoms. The largest absolute Gasteiger partial charge is 0.497 e. The number of para-hydroxylation sites is 1. The van der Waals surface area contributed by atoms with Gasteiger partial charge in [0.05, 0.1) is 29.7 Å². The van der Waals surface area contributed by atoms with Crippen LogP contribution in [0.25, 0.3) is 16.6 Å². The second-order valence-electron chi connectivity index (χ2n) is 10.3. The van der Waals surface area contributed by atoms with Crippen molar-refractivity contribution in [2.75, 3.05) is 23.5 Å². The minimum Gasteiger partial charge on any atom is -0.497 e. The molecule has 10 heteroatoms. The van der Waals surface area contributed by atoms with E-state index in [0.717, 1.165) is 12.0 Å². The summed E-state index contributed by atoms with van der Waals surface area (Å²) in [7, 11) is 1.61. The molecule has 0 amide bonds. The van der Waals surface area contributed by atoms with Crippen LogP contribution in [0.2, 0.25) is 0 Å². The number of benzene rings is 3. The number of hydrogen-bond acceptors (Lipinski definition) is 9. The lowest BCUT2D eigenvalue weighted by Gasteiger charge is -2.31. The highest BCUT2D eigenvalue weighted by Gasteiger charge is 2.38. The van der Waals surface area contributed by atoms with Crippen LogP contribution in [0.1, 0.15) is 48.3 Å². The van der Waals surface area contributed by atoms with Gasteiger partial charge in [0.25, 0.3) is 5.56 Å². The third-order valence-electron chi connectivity index (χ3n) is 7.61. The van der Waals surface area contributed by atoms with E-state index in [0.29, 0.717) is 46.0 Å². The molecule has 1 aliphatic heterocycles. The highest BCUT2D eigenvalue weighted by molar-refractivity contribution is 5.85. The number of nitrogen functional groups attached to an aromatic ring is 2. The van der Waals surface area contributed by atoms with Crippen molar-refractivity contribution in [2.24, 2.45) is 0 Å². The van der Waals surface area contributed by atoms with Crippen molar-refractivity contribution in [3.05, 3.63) is 106 Å².